The van der Waals surface area contributed by atoms with Crippen LogP contribution >= 0.6 is 0 Å². The molecular weight excluding hydrogens is 498 g/mol. The number of halogens is 6. The first-order chi connectivity index (χ1) is 17.2. The summed E-state index contributed by atoms with van der Waals surface area (Å²) in [4.78, 5) is 0. The topological polar surface area (TPSA) is 38.7 Å². The van der Waals surface area contributed by atoms with Gasteiger partial charge in [0, 0.05) is 6.61 Å². The zero-order chi connectivity index (χ0) is 27.3. The van der Waals surface area contributed by atoms with E-state index in [-0.39, 0.29) is 36.4 Å². The van der Waals surface area contributed by atoms with Crippen molar-refractivity contribution in [1.82, 2.24) is 0 Å². The van der Waals surface area contributed by atoms with E-state index >= 15 is 0 Å². The van der Waals surface area contributed by atoms with Crippen LogP contribution in [0.5, 0.6) is 5.75 Å². The molecule has 0 heterocycles. The molecule has 0 amide bonds. The Balaban J connectivity index is 1.38. The van der Waals surface area contributed by atoms with E-state index in [0.717, 1.165) is 38.5 Å². The van der Waals surface area contributed by atoms with Gasteiger partial charge in [-0.25, -0.2) is 0 Å². The largest absolute Gasteiger partial charge is 0.508 e. The Morgan fingerprint density at radius 1 is 0.946 bits per heavy atom. The quantitative estimate of drug-likeness (QED) is 0.270. The van der Waals surface area contributed by atoms with Crippen molar-refractivity contribution in [3.8, 4) is 5.75 Å². The van der Waals surface area contributed by atoms with Crippen LogP contribution in [0.4, 0.5) is 26.3 Å². The van der Waals surface area contributed by atoms with Crippen molar-refractivity contribution >= 4 is 0 Å². The molecular formula is C28H38F6O3. The Kier molecular flexibility index (Phi) is 7.65. The predicted octanol–water partition coefficient (Wildman–Crippen LogP) is 8.09. The number of ether oxygens (including phenoxy) is 2. The highest BCUT2D eigenvalue weighted by Gasteiger charge is 2.71. The van der Waals surface area contributed by atoms with Crippen molar-refractivity contribution in [2.45, 2.75) is 109 Å². The van der Waals surface area contributed by atoms with E-state index in [1.54, 1.807) is 6.07 Å². The normalized spacial score (nSPS) is 32.1. The van der Waals surface area contributed by atoms with Crippen molar-refractivity contribution < 1.29 is 40.9 Å². The summed E-state index contributed by atoms with van der Waals surface area (Å²) in [7, 11) is 0. The van der Waals surface area contributed by atoms with Gasteiger partial charge in [-0.15, -0.1) is 0 Å². The van der Waals surface area contributed by atoms with Crippen LogP contribution in [0.2, 0.25) is 0 Å². The summed E-state index contributed by atoms with van der Waals surface area (Å²) >= 11 is 0. The van der Waals surface area contributed by atoms with E-state index < -0.39 is 31.0 Å². The van der Waals surface area contributed by atoms with Crippen LogP contribution in [0.1, 0.15) is 89.2 Å². The van der Waals surface area contributed by atoms with Crippen LogP contribution in [0.25, 0.3) is 0 Å². The second-order valence-electron chi connectivity index (χ2n) is 11.7. The van der Waals surface area contributed by atoms with Gasteiger partial charge in [0.2, 0.25) is 0 Å². The summed E-state index contributed by atoms with van der Waals surface area (Å²) in [5.41, 5.74) is -1.69. The van der Waals surface area contributed by atoms with Gasteiger partial charge in [0.05, 0.1) is 12.7 Å². The van der Waals surface area contributed by atoms with E-state index in [4.69, 9.17) is 4.74 Å². The first-order valence-electron chi connectivity index (χ1n) is 13.4. The van der Waals surface area contributed by atoms with Crippen LogP contribution in [-0.4, -0.2) is 42.4 Å². The number of benzene rings is 1. The number of hydrogen-bond acceptors (Lipinski definition) is 3. The van der Waals surface area contributed by atoms with Gasteiger partial charge < -0.3 is 14.6 Å². The Labute approximate surface area is 214 Å². The Morgan fingerprint density at radius 3 is 2.27 bits per heavy atom. The number of phenolic OH excluding ortho intramolecular Hbond substituents is 1. The highest BCUT2D eigenvalue weighted by Crippen LogP contribution is 2.68. The molecule has 0 spiro atoms. The maximum Gasteiger partial charge on any atom is 0.426 e. The molecule has 2 fully saturated rings. The molecule has 1 aromatic rings. The molecule has 0 aromatic heterocycles. The molecule has 3 aliphatic carbocycles. The van der Waals surface area contributed by atoms with Crippen LogP contribution in [0.15, 0.2) is 18.2 Å². The van der Waals surface area contributed by atoms with Gasteiger partial charge in [0.1, 0.15) is 5.75 Å². The molecule has 210 valence electrons. The van der Waals surface area contributed by atoms with Crippen molar-refractivity contribution in [2.75, 3.05) is 13.2 Å². The van der Waals surface area contributed by atoms with Gasteiger partial charge in [0.15, 0.2) is 0 Å². The van der Waals surface area contributed by atoms with Crippen LogP contribution in [-0.2, 0) is 15.9 Å². The third kappa shape index (κ3) is 4.66. The van der Waals surface area contributed by atoms with E-state index in [1.165, 1.54) is 18.1 Å². The summed E-state index contributed by atoms with van der Waals surface area (Å²) in [6, 6.07) is 5.68. The lowest BCUT2D eigenvalue weighted by atomic mass is 9.48. The molecule has 0 saturated heterocycles. The lowest BCUT2D eigenvalue weighted by Crippen LogP contribution is -2.58. The number of hydrogen-bond donors (Lipinski definition) is 1. The van der Waals surface area contributed by atoms with Crippen LogP contribution < -0.4 is 0 Å². The van der Waals surface area contributed by atoms with Crippen molar-refractivity contribution in [1.29, 1.82) is 0 Å². The molecule has 3 aliphatic rings. The average Bonchev–Trinajstić information content (AvgIpc) is 3.07. The van der Waals surface area contributed by atoms with Crippen molar-refractivity contribution in [3.63, 3.8) is 0 Å². The van der Waals surface area contributed by atoms with Gasteiger partial charge in [-0.05, 0) is 97.3 Å². The highest BCUT2D eigenvalue weighted by molar-refractivity contribution is 5.40. The first-order valence-corrected chi connectivity index (χ1v) is 13.4. The number of rotatable bonds is 8. The number of phenols is 1. The second-order valence-corrected chi connectivity index (χ2v) is 11.7. The Hall–Kier alpha value is -1.48. The SMILES string of the molecule is CCCC(OCCCO[C@H]1CC[C@@]2(C)[C@@H]3CCc4cc(O)ccc4[C@H]3CC[C@]12C)(C(F)(F)F)C(F)(F)F. The summed E-state index contributed by atoms with van der Waals surface area (Å²) < 4.78 is 91.5. The van der Waals surface area contributed by atoms with Crippen molar-refractivity contribution in [2.24, 2.45) is 16.7 Å². The fourth-order valence-corrected chi connectivity index (χ4v) is 7.76. The van der Waals surface area contributed by atoms with Crippen molar-refractivity contribution in [3.05, 3.63) is 29.3 Å². The molecule has 9 heteroatoms. The van der Waals surface area contributed by atoms with Crippen LogP contribution in [0, 0.1) is 16.7 Å². The van der Waals surface area contributed by atoms with Gasteiger partial charge >= 0.3 is 12.4 Å². The number of fused-ring (bicyclic) bond motifs is 5. The van der Waals surface area contributed by atoms with Crippen LogP contribution in [0.3, 0.4) is 0 Å². The van der Waals surface area contributed by atoms with Gasteiger partial charge in [-0.2, -0.15) is 26.3 Å². The number of aryl methyl sites for hydroxylation is 1. The monoisotopic (exact) mass is 536 g/mol. The smallest absolute Gasteiger partial charge is 0.426 e. The molecule has 5 atom stereocenters. The zero-order valence-electron chi connectivity index (χ0n) is 21.8. The number of aromatic hydroxyl groups is 1. The maximum atomic E-state index is 13.5. The Bertz CT molecular complexity index is 946. The van der Waals surface area contributed by atoms with E-state index in [2.05, 4.69) is 24.7 Å². The van der Waals surface area contributed by atoms with Gasteiger partial charge in [0.25, 0.3) is 5.60 Å². The molecule has 4 rings (SSSR count). The van der Waals surface area contributed by atoms with Gasteiger partial charge in [-0.3, -0.25) is 0 Å². The molecule has 37 heavy (non-hydrogen) atoms. The molecule has 1 N–H and O–H groups in total. The molecule has 2 saturated carbocycles. The first kappa shape index (κ1) is 28.5. The molecule has 0 unspecified atom stereocenters. The van der Waals surface area contributed by atoms with E-state index in [9.17, 15) is 31.4 Å². The summed E-state index contributed by atoms with van der Waals surface area (Å²) in [5, 5.41) is 9.90. The standard InChI is InChI=1S/C28H38F6O3/c1-4-12-26(27(29,30)31,28(32,33)34)37-16-5-15-36-23-11-14-24(2)22-9-6-18-17-19(35)7-8-20(18)21(22)10-13-25(23,24)3/h7-8,17,21-23,35H,4-6,9-16H2,1-3H3/t21-,22-,23+,24+,25-/m1/s1. The minimum Gasteiger partial charge on any atom is -0.508 e. The molecule has 0 bridgehead atoms. The van der Waals surface area contributed by atoms with E-state index in [0.29, 0.717) is 17.6 Å². The zero-order valence-corrected chi connectivity index (χ0v) is 21.8. The fourth-order valence-electron chi connectivity index (χ4n) is 7.76. The summed E-state index contributed by atoms with van der Waals surface area (Å²) in [6.45, 7) is 5.23. The number of alkyl halides is 6. The predicted molar refractivity (Wildman–Crippen MR) is 127 cm³/mol. The van der Waals surface area contributed by atoms with E-state index in [1.807, 2.05) is 6.07 Å². The molecule has 3 nitrogen and oxygen atoms in total. The van der Waals surface area contributed by atoms with Gasteiger partial charge in [-0.1, -0.05) is 33.3 Å². The fraction of sp³-hybridized carbons (Fsp3) is 0.786. The minimum absolute atomic E-state index is 0.0233. The molecule has 1 aromatic carbocycles. The maximum absolute atomic E-state index is 13.5. The molecule has 0 radical (unpaired) electrons. The third-order valence-corrected chi connectivity index (χ3v) is 9.94. The lowest BCUT2D eigenvalue weighted by Gasteiger charge is -2.57. The molecule has 0 aliphatic heterocycles. The minimum atomic E-state index is -5.54. The highest BCUT2D eigenvalue weighted by atomic mass is 19.4. The Morgan fingerprint density at radius 2 is 1.62 bits per heavy atom. The second kappa shape index (κ2) is 9.92. The lowest BCUT2D eigenvalue weighted by molar-refractivity contribution is -0.383. The average molecular weight is 537 g/mol. The third-order valence-electron chi connectivity index (χ3n) is 9.94. The summed E-state index contributed by atoms with van der Waals surface area (Å²) in [6.07, 6.45) is -7.01. The summed E-state index contributed by atoms with van der Waals surface area (Å²) in [5.74, 6) is 1.18.